The lowest BCUT2D eigenvalue weighted by Crippen LogP contribution is -2.26. The molecule has 0 bridgehead atoms. The number of carbonyl (C=O) groups is 1. The first-order valence-corrected chi connectivity index (χ1v) is 11.4. The summed E-state index contributed by atoms with van der Waals surface area (Å²) < 4.78 is 24.9. The van der Waals surface area contributed by atoms with E-state index < -0.39 is 10.0 Å². The third kappa shape index (κ3) is 6.90. The number of nitrogens with one attached hydrogen (secondary N) is 2. The lowest BCUT2D eigenvalue weighted by Gasteiger charge is -2.10. The standard InChI is InChI=1S/C18H21ClN2O3S2/c1-13-4-3-5-14(10-13)12-25-9-8-20-18(22)16-11-15(6-7-17(16)19)21-26(2,23)24/h3-7,10-11,21H,8-9,12H2,1-2H3,(H,20,22). The van der Waals surface area contributed by atoms with Crippen molar-refractivity contribution in [3.05, 3.63) is 64.2 Å². The van der Waals surface area contributed by atoms with Crippen LogP contribution in [0.4, 0.5) is 5.69 Å². The van der Waals surface area contributed by atoms with Gasteiger partial charge < -0.3 is 5.32 Å². The Balaban J connectivity index is 1.84. The molecule has 0 fully saturated rings. The molecule has 26 heavy (non-hydrogen) atoms. The number of benzene rings is 2. The van der Waals surface area contributed by atoms with Gasteiger partial charge in [0, 0.05) is 23.7 Å². The highest BCUT2D eigenvalue weighted by atomic mass is 35.5. The first-order chi connectivity index (χ1) is 12.2. The van der Waals surface area contributed by atoms with Gasteiger partial charge in [0.05, 0.1) is 16.8 Å². The van der Waals surface area contributed by atoms with Crippen molar-refractivity contribution >= 4 is 45.0 Å². The fourth-order valence-electron chi connectivity index (χ4n) is 2.30. The zero-order valence-electron chi connectivity index (χ0n) is 14.6. The van der Waals surface area contributed by atoms with Crippen LogP contribution in [-0.4, -0.2) is 32.9 Å². The Morgan fingerprint density at radius 3 is 2.65 bits per heavy atom. The summed E-state index contributed by atoms with van der Waals surface area (Å²) in [4.78, 5) is 12.3. The second-order valence-corrected chi connectivity index (χ2v) is 9.13. The fourth-order valence-corrected chi connectivity index (χ4v) is 3.87. The van der Waals surface area contributed by atoms with E-state index >= 15 is 0 Å². The molecule has 5 nitrogen and oxygen atoms in total. The van der Waals surface area contributed by atoms with Crippen molar-refractivity contribution in [2.24, 2.45) is 0 Å². The maximum absolute atomic E-state index is 12.3. The van der Waals surface area contributed by atoms with Crippen LogP contribution < -0.4 is 10.0 Å². The van der Waals surface area contributed by atoms with Crippen LogP contribution in [0, 0.1) is 6.92 Å². The van der Waals surface area contributed by atoms with E-state index in [2.05, 4.69) is 35.2 Å². The summed E-state index contributed by atoms with van der Waals surface area (Å²) in [6, 6.07) is 12.8. The maximum atomic E-state index is 12.3. The molecule has 0 aromatic heterocycles. The van der Waals surface area contributed by atoms with E-state index in [-0.39, 0.29) is 16.5 Å². The Kier molecular flexibility index (Phi) is 7.37. The summed E-state index contributed by atoms with van der Waals surface area (Å²) in [5.74, 6) is 1.31. The molecule has 140 valence electrons. The van der Waals surface area contributed by atoms with Gasteiger partial charge in [-0.25, -0.2) is 8.42 Å². The van der Waals surface area contributed by atoms with E-state index in [4.69, 9.17) is 11.6 Å². The minimum atomic E-state index is -3.41. The van der Waals surface area contributed by atoms with E-state index in [1.807, 2.05) is 6.07 Å². The Morgan fingerprint density at radius 2 is 1.96 bits per heavy atom. The summed E-state index contributed by atoms with van der Waals surface area (Å²) in [6.45, 7) is 2.56. The topological polar surface area (TPSA) is 75.3 Å². The van der Waals surface area contributed by atoms with Gasteiger partial charge in [-0.3, -0.25) is 9.52 Å². The van der Waals surface area contributed by atoms with Crippen molar-refractivity contribution in [1.82, 2.24) is 5.32 Å². The zero-order valence-corrected chi connectivity index (χ0v) is 17.0. The molecule has 2 N–H and O–H groups in total. The van der Waals surface area contributed by atoms with Crippen LogP contribution in [0.3, 0.4) is 0 Å². The van der Waals surface area contributed by atoms with Gasteiger partial charge in [0.15, 0.2) is 0 Å². The molecule has 0 aliphatic rings. The second kappa shape index (κ2) is 9.30. The molecule has 0 saturated carbocycles. The first-order valence-electron chi connectivity index (χ1n) is 7.93. The molecule has 0 radical (unpaired) electrons. The third-order valence-electron chi connectivity index (χ3n) is 3.40. The molecule has 0 aliphatic carbocycles. The molecule has 1 amide bonds. The number of hydrogen-bond acceptors (Lipinski definition) is 4. The summed E-state index contributed by atoms with van der Waals surface area (Å²) >= 11 is 7.78. The normalized spacial score (nSPS) is 11.2. The van der Waals surface area contributed by atoms with Gasteiger partial charge in [0.25, 0.3) is 5.91 Å². The number of hydrogen-bond donors (Lipinski definition) is 2. The van der Waals surface area contributed by atoms with Crippen molar-refractivity contribution in [2.45, 2.75) is 12.7 Å². The molecule has 2 rings (SSSR count). The molecular formula is C18H21ClN2O3S2. The molecule has 0 spiro atoms. The van der Waals surface area contributed by atoms with Crippen molar-refractivity contribution < 1.29 is 13.2 Å². The van der Waals surface area contributed by atoms with Crippen LogP contribution in [0.5, 0.6) is 0 Å². The number of halogens is 1. The molecule has 2 aromatic rings. The van der Waals surface area contributed by atoms with E-state index in [0.29, 0.717) is 12.2 Å². The Morgan fingerprint density at radius 1 is 1.19 bits per heavy atom. The highest BCUT2D eigenvalue weighted by molar-refractivity contribution is 7.98. The Hall–Kier alpha value is -1.70. The number of carbonyl (C=O) groups excluding carboxylic acids is 1. The maximum Gasteiger partial charge on any atom is 0.252 e. The highest BCUT2D eigenvalue weighted by Crippen LogP contribution is 2.21. The van der Waals surface area contributed by atoms with Gasteiger partial charge in [-0.1, -0.05) is 41.4 Å². The van der Waals surface area contributed by atoms with Crippen LogP contribution in [-0.2, 0) is 15.8 Å². The van der Waals surface area contributed by atoms with E-state index in [9.17, 15) is 13.2 Å². The number of rotatable bonds is 8. The minimum absolute atomic E-state index is 0.240. The van der Waals surface area contributed by atoms with E-state index in [0.717, 1.165) is 17.8 Å². The molecule has 0 saturated heterocycles. The van der Waals surface area contributed by atoms with Gasteiger partial charge in [0.1, 0.15) is 0 Å². The molecule has 0 heterocycles. The van der Waals surface area contributed by atoms with Crippen LogP contribution in [0.2, 0.25) is 5.02 Å². The minimum Gasteiger partial charge on any atom is -0.351 e. The quantitative estimate of drug-likeness (QED) is 0.648. The van der Waals surface area contributed by atoms with Crippen LogP contribution in [0.1, 0.15) is 21.5 Å². The second-order valence-electron chi connectivity index (χ2n) is 5.87. The predicted molar refractivity (Wildman–Crippen MR) is 110 cm³/mol. The highest BCUT2D eigenvalue weighted by Gasteiger charge is 2.12. The summed E-state index contributed by atoms with van der Waals surface area (Å²) in [5.41, 5.74) is 3.03. The van der Waals surface area contributed by atoms with Crippen LogP contribution in [0.15, 0.2) is 42.5 Å². The summed E-state index contributed by atoms with van der Waals surface area (Å²) in [7, 11) is -3.41. The molecule has 8 heteroatoms. The third-order valence-corrected chi connectivity index (χ3v) is 5.36. The van der Waals surface area contributed by atoms with Gasteiger partial charge in [-0.2, -0.15) is 11.8 Å². The van der Waals surface area contributed by atoms with Crippen molar-refractivity contribution in [3.8, 4) is 0 Å². The van der Waals surface area contributed by atoms with Gasteiger partial charge in [-0.05, 0) is 30.7 Å². The van der Waals surface area contributed by atoms with Crippen molar-refractivity contribution in [2.75, 3.05) is 23.3 Å². The Bertz CT molecular complexity index is 886. The number of sulfonamides is 1. The number of amides is 1. The molecule has 0 aliphatic heterocycles. The van der Waals surface area contributed by atoms with Crippen LogP contribution in [0.25, 0.3) is 0 Å². The molecular weight excluding hydrogens is 392 g/mol. The van der Waals surface area contributed by atoms with Crippen LogP contribution >= 0.6 is 23.4 Å². The largest absolute Gasteiger partial charge is 0.351 e. The monoisotopic (exact) mass is 412 g/mol. The molecule has 2 aromatic carbocycles. The van der Waals surface area contributed by atoms with Gasteiger partial charge in [0.2, 0.25) is 10.0 Å². The zero-order chi connectivity index (χ0) is 19.2. The van der Waals surface area contributed by atoms with Crippen molar-refractivity contribution in [1.29, 1.82) is 0 Å². The lowest BCUT2D eigenvalue weighted by molar-refractivity contribution is 0.0956. The number of anilines is 1. The van der Waals surface area contributed by atoms with Gasteiger partial charge >= 0.3 is 0 Å². The average Bonchev–Trinajstić information content (AvgIpc) is 2.55. The molecule has 0 unspecified atom stereocenters. The lowest BCUT2D eigenvalue weighted by atomic mass is 10.2. The van der Waals surface area contributed by atoms with Crippen molar-refractivity contribution in [3.63, 3.8) is 0 Å². The summed E-state index contributed by atoms with van der Waals surface area (Å²) in [5, 5.41) is 3.08. The smallest absolute Gasteiger partial charge is 0.252 e. The Labute approximate surface area is 163 Å². The fraction of sp³-hybridized carbons (Fsp3) is 0.278. The number of aryl methyl sites for hydroxylation is 1. The SMILES string of the molecule is Cc1cccc(CSCCNC(=O)c2cc(NS(C)(=O)=O)ccc2Cl)c1. The molecule has 0 atom stereocenters. The average molecular weight is 413 g/mol. The van der Waals surface area contributed by atoms with E-state index in [1.165, 1.54) is 29.3 Å². The summed E-state index contributed by atoms with van der Waals surface area (Å²) in [6.07, 6.45) is 1.05. The number of thioether (sulfide) groups is 1. The van der Waals surface area contributed by atoms with E-state index in [1.54, 1.807) is 11.8 Å². The van der Waals surface area contributed by atoms with Gasteiger partial charge in [-0.15, -0.1) is 0 Å². The predicted octanol–water partition coefficient (Wildman–Crippen LogP) is 3.68. The first kappa shape index (κ1) is 20.6.